The predicted molar refractivity (Wildman–Crippen MR) is 142 cm³/mol. The van der Waals surface area contributed by atoms with Crippen LogP contribution in [-0.4, -0.2) is 84.4 Å². The third-order valence-electron chi connectivity index (χ3n) is 5.82. The molecule has 2 aliphatic heterocycles. The number of ether oxygens (including phenoxy) is 3. The van der Waals surface area contributed by atoms with Crippen molar-refractivity contribution in [1.29, 1.82) is 0 Å². The molecule has 2 aliphatic rings. The Morgan fingerprint density at radius 3 is 2.94 bits per heavy atom. The molecule has 10 nitrogen and oxygen atoms in total. The van der Waals surface area contributed by atoms with Crippen molar-refractivity contribution < 1.29 is 23.4 Å². The van der Waals surface area contributed by atoms with Gasteiger partial charge in [0, 0.05) is 38.0 Å². The largest absolute Gasteiger partial charge is 0.514 e. The van der Waals surface area contributed by atoms with Crippen LogP contribution in [0.4, 0.5) is 15.9 Å². The minimum Gasteiger partial charge on any atom is -0.514 e. The van der Waals surface area contributed by atoms with Crippen molar-refractivity contribution in [2.45, 2.75) is 30.2 Å². The monoisotopic (exact) mass is 495 g/mol. The number of aromatic nitrogens is 2. The maximum Gasteiger partial charge on any atom is 0.321 e. The van der Waals surface area contributed by atoms with Gasteiger partial charge in [-0.3, -0.25) is 5.32 Å². The minimum absolute atomic E-state index is 0.0368. The van der Waals surface area contributed by atoms with Gasteiger partial charge in [-0.25, -0.2) is 9.78 Å². The van der Waals surface area contributed by atoms with E-state index in [4.69, 9.17) is 23.6 Å². The van der Waals surface area contributed by atoms with Crippen LogP contribution in [0.5, 0.6) is 5.75 Å². The molecule has 2 aromatic heterocycles. The highest BCUT2D eigenvalue weighted by atomic mass is 32.1. The van der Waals surface area contributed by atoms with Crippen LogP contribution in [0.15, 0.2) is 22.6 Å². The number of hydrogen-bond donors (Lipinski definition) is 2. The number of rotatable bonds is 7. The lowest BCUT2D eigenvalue weighted by atomic mass is 9.52. The molecule has 182 valence electrons. The molecule has 1 fully saturated rings. The summed E-state index contributed by atoms with van der Waals surface area (Å²) in [6, 6.07) is 5.86. The second-order valence-electron chi connectivity index (χ2n) is 9.74. The molecule has 0 unspecified atom stereocenters. The average Bonchev–Trinajstić information content (AvgIpc) is 3.52. The van der Waals surface area contributed by atoms with Crippen LogP contribution in [0.1, 0.15) is 23.0 Å². The minimum atomic E-state index is -0.299. The van der Waals surface area contributed by atoms with Gasteiger partial charge in [0.15, 0.2) is 10.7 Å². The number of carbonyl (C=O) groups is 1. The molecule has 3 aromatic rings. The zero-order chi connectivity index (χ0) is 24.6. The van der Waals surface area contributed by atoms with Gasteiger partial charge in [-0.1, -0.05) is 11.3 Å². The summed E-state index contributed by atoms with van der Waals surface area (Å²) in [7, 11) is 7.71. The van der Waals surface area contributed by atoms with Crippen molar-refractivity contribution in [3.8, 4) is 5.75 Å². The number of nitrogens with zero attached hydrogens (tertiary/aromatic N) is 3. The van der Waals surface area contributed by atoms with Crippen molar-refractivity contribution in [1.82, 2.24) is 15.3 Å². The fraction of sp³-hybridized carbons (Fsp3) is 0.476. The normalized spacial score (nSPS) is 20.1. The molecule has 0 radical (unpaired) electrons. The van der Waals surface area contributed by atoms with Gasteiger partial charge in [0.25, 0.3) is 6.01 Å². The van der Waals surface area contributed by atoms with Gasteiger partial charge < -0.3 is 28.8 Å². The van der Waals surface area contributed by atoms with Crippen molar-refractivity contribution in [2.24, 2.45) is 0 Å². The molecule has 5 rings (SSSR count). The molecule has 1 saturated heterocycles. The number of hydrogen-bond acceptors (Lipinski definition) is 9. The molecule has 0 aliphatic carbocycles. The van der Waals surface area contributed by atoms with Crippen molar-refractivity contribution in [2.75, 3.05) is 43.7 Å². The number of nitrogens with one attached hydrogen (secondary N) is 2. The maximum atomic E-state index is 12.4. The maximum absolute atomic E-state index is 12.4. The first-order valence-electron chi connectivity index (χ1n) is 11.8. The van der Waals surface area contributed by atoms with E-state index in [0.29, 0.717) is 49.5 Å². The molecule has 35 heavy (non-hydrogen) atoms. The molecule has 0 spiro atoms. The molecule has 14 heteroatoms. The lowest BCUT2D eigenvalue weighted by Crippen LogP contribution is -2.38. The van der Waals surface area contributed by atoms with Crippen LogP contribution < -0.4 is 20.3 Å². The van der Waals surface area contributed by atoms with Crippen molar-refractivity contribution >= 4 is 63.2 Å². The zero-order valence-electron chi connectivity index (χ0n) is 20.4. The Kier molecular flexibility index (Phi) is 6.69. The summed E-state index contributed by atoms with van der Waals surface area (Å²) in [5.41, 5.74) is 2.40. The number of urea groups is 1. The van der Waals surface area contributed by atoms with Crippen LogP contribution >= 0.6 is 11.3 Å². The Bertz CT molecular complexity index is 1210. The predicted octanol–water partition coefficient (Wildman–Crippen LogP) is -0.166. The van der Waals surface area contributed by atoms with Crippen LogP contribution in [0.3, 0.4) is 0 Å². The van der Waals surface area contributed by atoms with Crippen LogP contribution in [0, 0.1) is 0 Å². The lowest BCUT2D eigenvalue weighted by Gasteiger charge is -2.33. The second-order valence-corrected chi connectivity index (χ2v) is 10.8. The number of methoxy groups -OCH3 is 1. The molecule has 1 aromatic carbocycles. The van der Waals surface area contributed by atoms with Gasteiger partial charge in [0.05, 0.1) is 35.9 Å². The Morgan fingerprint density at radius 2 is 2.20 bits per heavy atom. The highest BCUT2D eigenvalue weighted by molar-refractivity contribution is 7.16. The quantitative estimate of drug-likeness (QED) is 0.436. The third kappa shape index (κ3) is 5.44. The molecule has 2 N–H and O–H groups in total. The Hall–Kier alpha value is -2.70. The highest BCUT2D eigenvalue weighted by Crippen LogP contribution is 2.39. The summed E-state index contributed by atoms with van der Waals surface area (Å²) in [5, 5.41) is 6.08. The number of thiazole rings is 1. The van der Waals surface area contributed by atoms with Crippen molar-refractivity contribution in [3.05, 3.63) is 28.8 Å². The lowest BCUT2D eigenvalue weighted by molar-refractivity contribution is 0.174. The van der Waals surface area contributed by atoms with E-state index < -0.39 is 0 Å². The Labute approximate surface area is 210 Å². The van der Waals surface area contributed by atoms with Crippen LogP contribution in [-0.2, 0) is 15.9 Å². The number of fused-ring (bicyclic) bond motifs is 2. The molecule has 2 amide bonds. The first-order chi connectivity index (χ1) is 16.8. The van der Waals surface area contributed by atoms with E-state index in [-0.39, 0.29) is 23.4 Å². The summed E-state index contributed by atoms with van der Waals surface area (Å²) < 4.78 is 23.0. The Morgan fingerprint density at radius 1 is 1.34 bits per heavy atom. The molecule has 0 bridgehead atoms. The van der Waals surface area contributed by atoms with Gasteiger partial charge in [-0.05, 0) is 18.6 Å². The topological polar surface area (TPSA) is 111 Å². The highest BCUT2D eigenvalue weighted by Gasteiger charge is 2.34. The summed E-state index contributed by atoms with van der Waals surface area (Å²) in [6.07, 6.45) is 1.53. The third-order valence-corrected chi connectivity index (χ3v) is 6.94. The van der Waals surface area contributed by atoms with Crippen LogP contribution in [0.25, 0.3) is 11.1 Å². The van der Waals surface area contributed by atoms with E-state index in [9.17, 15) is 4.79 Å². The molecule has 0 saturated carbocycles. The first kappa shape index (κ1) is 24.0. The van der Waals surface area contributed by atoms with Gasteiger partial charge in [0.1, 0.15) is 34.8 Å². The summed E-state index contributed by atoms with van der Waals surface area (Å²) >= 11 is 1.46. The number of carbonyl (C=O) groups excluding carboxylic acids is 1. The van der Waals surface area contributed by atoms with E-state index in [1.54, 1.807) is 7.11 Å². The van der Waals surface area contributed by atoms with Crippen LogP contribution in [0.2, 0.25) is 0 Å². The van der Waals surface area contributed by atoms with E-state index >= 15 is 0 Å². The first-order valence-corrected chi connectivity index (χ1v) is 12.6. The molecular formula is C21H28B3N5O5S. The van der Waals surface area contributed by atoms with Gasteiger partial charge in [-0.2, -0.15) is 4.98 Å². The van der Waals surface area contributed by atoms with Gasteiger partial charge >= 0.3 is 6.03 Å². The van der Waals surface area contributed by atoms with E-state index in [0.717, 1.165) is 28.3 Å². The summed E-state index contributed by atoms with van der Waals surface area (Å²) in [6.45, 7) is 2.33. The smallest absolute Gasteiger partial charge is 0.321 e. The fourth-order valence-corrected chi connectivity index (χ4v) is 5.44. The van der Waals surface area contributed by atoms with Gasteiger partial charge in [-0.15, -0.1) is 0 Å². The fourth-order valence-electron chi connectivity index (χ4n) is 4.33. The van der Waals surface area contributed by atoms with E-state index in [1.807, 2.05) is 41.7 Å². The summed E-state index contributed by atoms with van der Waals surface area (Å²) in [4.78, 5) is 25.0. The molecule has 2 atom stereocenters. The molecular weight excluding hydrogens is 467 g/mol. The van der Waals surface area contributed by atoms with Gasteiger partial charge in [0.2, 0.25) is 0 Å². The SMILES string of the molecule is BC(B)(B)Oc1ccc2oc(N3CCc4nc(NC(=O)N[C@@H]5CCOC5)sc4[C@@H]3COC)nc2c1. The number of benzene rings is 1. The standard InChI is InChI=1S/C21H28B3N5O5S/c1-31-10-15-17-13(26-19(35-17)28-18(30)25-11-5-7-32-9-11)4-6-29(15)20-27-14-8-12(34-21(22,23)24)2-3-16(14)33-20/h2-3,8,11,15H,4-7,9-10,22-24H2,1H3,(H2,25,26,28,30)/t11-,15+/m1/s1. The number of anilines is 2. The van der Waals surface area contributed by atoms with Crippen molar-refractivity contribution in [3.63, 3.8) is 0 Å². The van der Waals surface area contributed by atoms with E-state index in [2.05, 4.69) is 20.5 Å². The Balaban J connectivity index is 1.36. The van der Waals surface area contributed by atoms with E-state index in [1.165, 1.54) is 11.3 Å². The zero-order valence-corrected chi connectivity index (χ0v) is 21.2. The summed E-state index contributed by atoms with van der Waals surface area (Å²) in [5.74, 6) is 0.750. The number of amides is 2. The second kappa shape index (κ2) is 9.75. The molecule has 4 heterocycles. The number of oxazole rings is 1. The average molecular weight is 495 g/mol.